The van der Waals surface area contributed by atoms with E-state index in [1.807, 2.05) is 6.20 Å². The quantitative estimate of drug-likeness (QED) is 0.249. The Kier molecular flexibility index (Phi) is 13.9. The van der Waals surface area contributed by atoms with Crippen molar-refractivity contribution in [1.29, 1.82) is 0 Å². The van der Waals surface area contributed by atoms with Crippen molar-refractivity contribution < 1.29 is 0 Å². The Morgan fingerprint density at radius 1 is 0.750 bits per heavy atom. The number of hydrogen-bond acceptors (Lipinski definition) is 1. The van der Waals surface area contributed by atoms with Crippen molar-refractivity contribution in [2.45, 2.75) is 123 Å². The molecule has 28 heavy (non-hydrogen) atoms. The van der Waals surface area contributed by atoms with Gasteiger partial charge in [-0.15, -0.1) is 0 Å². The maximum atomic E-state index is 4.06. The number of benzene rings is 1. The molecule has 1 rings (SSSR count). The van der Waals surface area contributed by atoms with Gasteiger partial charge in [0.1, 0.15) is 0 Å². The van der Waals surface area contributed by atoms with Gasteiger partial charge in [-0.3, -0.25) is 0 Å². The number of aryl methyl sites for hydroxylation is 1. The van der Waals surface area contributed by atoms with Crippen molar-refractivity contribution in [3.05, 3.63) is 48.2 Å². The van der Waals surface area contributed by atoms with Crippen LogP contribution in [0.5, 0.6) is 0 Å². The van der Waals surface area contributed by atoms with Gasteiger partial charge in [-0.25, -0.2) is 0 Å². The zero-order valence-corrected chi connectivity index (χ0v) is 19.2. The second-order valence-corrected chi connectivity index (χ2v) is 8.52. The van der Waals surface area contributed by atoms with E-state index in [-0.39, 0.29) is 5.54 Å². The predicted octanol–water partition coefficient (Wildman–Crippen LogP) is 8.68. The van der Waals surface area contributed by atoms with Crippen molar-refractivity contribution in [3.8, 4) is 0 Å². The summed E-state index contributed by atoms with van der Waals surface area (Å²) >= 11 is 0. The Hall–Kier alpha value is -1.24. The van der Waals surface area contributed by atoms with Gasteiger partial charge in [-0.05, 0) is 43.0 Å². The molecule has 0 heterocycles. The van der Waals surface area contributed by atoms with E-state index in [0.29, 0.717) is 0 Å². The first-order chi connectivity index (χ1) is 13.7. The molecule has 160 valence electrons. The lowest BCUT2D eigenvalue weighted by Gasteiger charge is -2.37. The van der Waals surface area contributed by atoms with Gasteiger partial charge in [0.25, 0.3) is 0 Å². The number of nitrogens with one attached hydrogen (secondary N) is 1. The van der Waals surface area contributed by atoms with Gasteiger partial charge in [0.05, 0.1) is 5.54 Å². The van der Waals surface area contributed by atoms with Crippen LogP contribution in [0, 0.1) is 0 Å². The van der Waals surface area contributed by atoms with Crippen LogP contribution in [-0.2, 0) is 12.0 Å². The van der Waals surface area contributed by atoms with Crippen molar-refractivity contribution in [2.24, 2.45) is 0 Å². The second kappa shape index (κ2) is 15.7. The molecule has 0 atom stereocenters. The predicted molar refractivity (Wildman–Crippen MR) is 127 cm³/mol. The largest absolute Gasteiger partial charge is 0.382 e. The average molecular weight is 386 g/mol. The molecule has 0 fully saturated rings. The Morgan fingerprint density at radius 2 is 1.29 bits per heavy atom. The van der Waals surface area contributed by atoms with E-state index in [2.05, 4.69) is 56.9 Å². The lowest BCUT2D eigenvalue weighted by molar-refractivity contribution is 0.295. The summed E-state index contributed by atoms with van der Waals surface area (Å²) < 4.78 is 0. The lowest BCUT2D eigenvalue weighted by atomic mass is 9.77. The number of rotatable bonds is 18. The van der Waals surface area contributed by atoms with Gasteiger partial charge >= 0.3 is 0 Å². The normalized spacial score (nSPS) is 11.5. The molecule has 1 nitrogen and oxygen atoms in total. The zero-order chi connectivity index (χ0) is 20.5. The molecule has 0 radical (unpaired) electrons. The molecule has 0 amide bonds. The van der Waals surface area contributed by atoms with E-state index in [4.69, 9.17) is 0 Å². The molecule has 0 spiro atoms. The first kappa shape index (κ1) is 24.8. The minimum atomic E-state index is 0.0601. The fraction of sp³-hybridized carbons (Fsp3) is 0.704. The smallest absolute Gasteiger partial charge is 0.0622 e. The molecule has 0 bridgehead atoms. The molecular formula is C27H47N. The summed E-state index contributed by atoms with van der Waals surface area (Å²) in [6, 6.07) is 9.23. The van der Waals surface area contributed by atoms with Crippen LogP contribution in [0.15, 0.2) is 37.0 Å². The number of unbranched alkanes of at least 4 members (excludes halogenated alkanes) is 9. The average Bonchev–Trinajstić information content (AvgIpc) is 2.72. The minimum Gasteiger partial charge on any atom is -0.382 e. The fourth-order valence-corrected chi connectivity index (χ4v) is 4.47. The summed E-state index contributed by atoms with van der Waals surface area (Å²) in [5, 5.41) is 3.77. The van der Waals surface area contributed by atoms with Crippen LogP contribution in [0.3, 0.4) is 0 Å². The van der Waals surface area contributed by atoms with Crippen molar-refractivity contribution >= 4 is 0 Å². The second-order valence-electron chi connectivity index (χ2n) is 8.52. The summed E-state index contributed by atoms with van der Waals surface area (Å²) in [4.78, 5) is 0. The molecule has 0 saturated carbocycles. The van der Waals surface area contributed by atoms with E-state index in [1.54, 1.807) is 11.1 Å². The van der Waals surface area contributed by atoms with Gasteiger partial charge in [-0.1, -0.05) is 122 Å². The third kappa shape index (κ3) is 8.84. The highest BCUT2D eigenvalue weighted by Gasteiger charge is 2.31. The van der Waals surface area contributed by atoms with Crippen molar-refractivity contribution in [1.82, 2.24) is 5.32 Å². The van der Waals surface area contributed by atoms with E-state index >= 15 is 0 Å². The molecular weight excluding hydrogens is 338 g/mol. The van der Waals surface area contributed by atoms with Crippen LogP contribution in [-0.4, -0.2) is 0 Å². The van der Waals surface area contributed by atoms with Crippen LogP contribution >= 0.6 is 0 Å². The first-order valence-electron chi connectivity index (χ1n) is 12.2. The fourth-order valence-electron chi connectivity index (χ4n) is 4.47. The Balaban J connectivity index is 3.03. The highest BCUT2D eigenvalue weighted by Crippen LogP contribution is 2.36. The number of hydrogen-bond donors (Lipinski definition) is 1. The first-order valence-corrected chi connectivity index (χ1v) is 12.2. The van der Waals surface area contributed by atoms with Crippen molar-refractivity contribution in [3.63, 3.8) is 0 Å². The molecule has 1 heteroatoms. The summed E-state index contributed by atoms with van der Waals surface area (Å²) in [6.45, 7) is 11.0. The van der Waals surface area contributed by atoms with Gasteiger partial charge in [0.2, 0.25) is 0 Å². The van der Waals surface area contributed by atoms with E-state index in [0.717, 1.165) is 0 Å². The van der Waals surface area contributed by atoms with Crippen LogP contribution < -0.4 is 5.32 Å². The SMILES string of the molecule is C=CNC(CCCCCC)(CCCCCC)c1ccccc1CCCCCC. The standard InChI is InChI=1S/C27H47N/c1-5-9-12-15-20-25-21-16-17-22-26(25)27(28-8-4,23-18-13-10-6-2)24-19-14-11-7-3/h8,16-17,21-22,28H,4-7,9-15,18-20,23-24H2,1-3H3. The molecule has 0 aliphatic rings. The van der Waals surface area contributed by atoms with Gasteiger partial charge in [0.15, 0.2) is 0 Å². The van der Waals surface area contributed by atoms with Gasteiger partial charge in [-0.2, -0.15) is 0 Å². The van der Waals surface area contributed by atoms with Gasteiger partial charge < -0.3 is 5.32 Å². The summed E-state index contributed by atoms with van der Waals surface area (Å²) in [7, 11) is 0. The van der Waals surface area contributed by atoms with Crippen LogP contribution in [0.25, 0.3) is 0 Å². The third-order valence-corrected chi connectivity index (χ3v) is 6.13. The Bertz CT molecular complexity index is 493. The maximum absolute atomic E-state index is 4.06. The highest BCUT2D eigenvalue weighted by atomic mass is 15.0. The molecule has 1 aromatic rings. The Labute approximate surface area is 176 Å². The van der Waals surface area contributed by atoms with Crippen LogP contribution in [0.4, 0.5) is 0 Å². The molecule has 0 aliphatic heterocycles. The van der Waals surface area contributed by atoms with Gasteiger partial charge in [0, 0.05) is 0 Å². The van der Waals surface area contributed by atoms with Crippen LogP contribution in [0.2, 0.25) is 0 Å². The lowest BCUT2D eigenvalue weighted by Crippen LogP contribution is -2.40. The zero-order valence-electron chi connectivity index (χ0n) is 19.2. The van der Waals surface area contributed by atoms with Crippen LogP contribution in [0.1, 0.15) is 122 Å². The summed E-state index contributed by atoms with van der Waals surface area (Å²) in [5.74, 6) is 0. The molecule has 0 aliphatic carbocycles. The molecule has 1 aromatic carbocycles. The summed E-state index contributed by atoms with van der Waals surface area (Å²) in [5.41, 5.74) is 3.16. The van der Waals surface area contributed by atoms with E-state index in [1.165, 1.54) is 96.3 Å². The molecule has 0 aromatic heterocycles. The highest BCUT2D eigenvalue weighted by molar-refractivity contribution is 5.34. The third-order valence-electron chi connectivity index (χ3n) is 6.13. The molecule has 1 N–H and O–H groups in total. The van der Waals surface area contributed by atoms with Crippen molar-refractivity contribution in [2.75, 3.05) is 0 Å². The van der Waals surface area contributed by atoms with E-state index in [9.17, 15) is 0 Å². The Morgan fingerprint density at radius 3 is 1.82 bits per heavy atom. The molecule has 0 unspecified atom stereocenters. The minimum absolute atomic E-state index is 0.0601. The maximum Gasteiger partial charge on any atom is 0.0622 e. The monoisotopic (exact) mass is 385 g/mol. The summed E-state index contributed by atoms with van der Waals surface area (Å²) in [6.07, 6.45) is 21.5. The molecule has 0 saturated heterocycles. The topological polar surface area (TPSA) is 12.0 Å². The van der Waals surface area contributed by atoms with E-state index < -0.39 is 0 Å².